The summed E-state index contributed by atoms with van der Waals surface area (Å²) in [5.41, 5.74) is 1.61. The minimum Gasteiger partial charge on any atom is -0.493 e. The zero-order chi connectivity index (χ0) is 18.2. The molecule has 2 rings (SSSR count). The van der Waals surface area contributed by atoms with Crippen molar-refractivity contribution in [1.29, 1.82) is 0 Å². The lowest BCUT2D eigenvalue weighted by Crippen LogP contribution is -2.34. The van der Waals surface area contributed by atoms with E-state index in [0.29, 0.717) is 23.8 Å². The molecule has 25 heavy (non-hydrogen) atoms. The van der Waals surface area contributed by atoms with E-state index in [1.807, 2.05) is 0 Å². The first kappa shape index (κ1) is 18.4. The van der Waals surface area contributed by atoms with Crippen LogP contribution in [0.2, 0.25) is 0 Å². The third kappa shape index (κ3) is 5.00. The van der Waals surface area contributed by atoms with Crippen molar-refractivity contribution in [3.8, 4) is 17.2 Å². The summed E-state index contributed by atoms with van der Waals surface area (Å²) >= 11 is 0. The van der Waals surface area contributed by atoms with E-state index < -0.39 is 0 Å². The number of rotatable bonds is 7. The quantitative estimate of drug-likeness (QED) is 0.807. The Morgan fingerprint density at radius 3 is 1.88 bits per heavy atom. The van der Waals surface area contributed by atoms with Gasteiger partial charge in [0.2, 0.25) is 5.75 Å². The number of hydrogen-bond donors (Lipinski definition) is 2. The third-order valence-corrected chi connectivity index (χ3v) is 3.54. The van der Waals surface area contributed by atoms with Gasteiger partial charge >= 0.3 is 6.03 Å². The average Bonchev–Trinajstić information content (AvgIpc) is 2.64. The number of nitrogens with one attached hydrogen (secondary N) is 2. The Hall–Kier alpha value is -2.96. The molecule has 2 N–H and O–H groups in total. The molecule has 6 nitrogen and oxygen atoms in total. The smallest absolute Gasteiger partial charge is 0.315 e. The molecule has 0 radical (unpaired) electrons. The molecule has 0 saturated carbocycles. The van der Waals surface area contributed by atoms with Crippen LogP contribution in [-0.2, 0) is 13.1 Å². The van der Waals surface area contributed by atoms with Crippen LogP contribution in [0.4, 0.5) is 9.18 Å². The van der Waals surface area contributed by atoms with Crippen molar-refractivity contribution >= 4 is 6.03 Å². The maximum absolute atomic E-state index is 12.8. The van der Waals surface area contributed by atoms with Gasteiger partial charge in [-0.3, -0.25) is 0 Å². The molecule has 7 heteroatoms. The Bertz CT molecular complexity index is 695. The standard InChI is InChI=1S/C18H21FN2O4/c1-23-15-8-13(9-16(24-2)17(15)25-3)11-21-18(22)20-10-12-4-6-14(19)7-5-12/h4-9H,10-11H2,1-3H3,(H2,20,21,22). The average molecular weight is 348 g/mol. The van der Waals surface area contributed by atoms with E-state index in [2.05, 4.69) is 10.6 Å². The first-order valence-corrected chi connectivity index (χ1v) is 7.62. The molecule has 0 aliphatic heterocycles. The molecule has 0 aliphatic rings. The number of hydrogen-bond acceptors (Lipinski definition) is 4. The van der Waals surface area contributed by atoms with Gasteiger partial charge < -0.3 is 24.8 Å². The molecule has 0 atom stereocenters. The van der Waals surface area contributed by atoms with Crippen LogP contribution in [0.1, 0.15) is 11.1 Å². The number of carbonyl (C=O) groups is 1. The summed E-state index contributed by atoms with van der Waals surface area (Å²) < 4.78 is 28.7. The lowest BCUT2D eigenvalue weighted by molar-refractivity contribution is 0.240. The molecular weight excluding hydrogens is 327 g/mol. The van der Waals surface area contributed by atoms with E-state index in [1.165, 1.54) is 33.5 Å². The molecule has 0 aliphatic carbocycles. The van der Waals surface area contributed by atoms with Crippen LogP contribution in [-0.4, -0.2) is 27.4 Å². The highest BCUT2D eigenvalue weighted by Gasteiger charge is 2.13. The van der Waals surface area contributed by atoms with Crippen molar-refractivity contribution in [3.63, 3.8) is 0 Å². The number of halogens is 1. The van der Waals surface area contributed by atoms with Crippen molar-refractivity contribution < 1.29 is 23.4 Å². The maximum atomic E-state index is 12.8. The minimum atomic E-state index is -0.335. The molecule has 2 aromatic rings. The van der Waals surface area contributed by atoms with Crippen molar-refractivity contribution in [2.75, 3.05) is 21.3 Å². The van der Waals surface area contributed by atoms with Gasteiger partial charge in [0.25, 0.3) is 0 Å². The summed E-state index contributed by atoms with van der Waals surface area (Å²) in [5.74, 6) is 1.22. The molecule has 2 aromatic carbocycles. The van der Waals surface area contributed by atoms with Crippen LogP contribution in [0.25, 0.3) is 0 Å². The molecule has 134 valence electrons. The van der Waals surface area contributed by atoms with E-state index in [1.54, 1.807) is 24.3 Å². The Morgan fingerprint density at radius 2 is 1.40 bits per heavy atom. The van der Waals surface area contributed by atoms with Gasteiger partial charge in [-0.2, -0.15) is 0 Å². The van der Waals surface area contributed by atoms with Crippen LogP contribution < -0.4 is 24.8 Å². The van der Waals surface area contributed by atoms with Crippen LogP contribution >= 0.6 is 0 Å². The van der Waals surface area contributed by atoms with Crippen LogP contribution in [0.15, 0.2) is 36.4 Å². The van der Waals surface area contributed by atoms with Gasteiger partial charge in [-0.1, -0.05) is 12.1 Å². The molecule has 0 aromatic heterocycles. The molecule has 0 bridgehead atoms. The van der Waals surface area contributed by atoms with E-state index in [4.69, 9.17) is 14.2 Å². The van der Waals surface area contributed by atoms with Crippen LogP contribution in [0.3, 0.4) is 0 Å². The van der Waals surface area contributed by atoms with Crippen molar-refractivity contribution in [2.24, 2.45) is 0 Å². The number of amides is 2. The fourth-order valence-corrected chi connectivity index (χ4v) is 2.27. The van der Waals surface area contributed by atoms with Gasteiger partial charge in [0.05, 0.1) is 21.3 Å². The van der Waals surface area contributed by atoms with Crippen LogP contribution in [0, 0.1) is 5.82 Å². The summed E-state index contributed by atoms with van der Waals surface area (Å²) in [6.45, 7) is 0.591. The topological polar surface area (TPSA) is 68.8 Å². The van der Waals surface area contributed by atoms with Gasteiger partial charge in [-0.25, -0.2) is 9.18 Å². The van der Waals surface area contributed by atoms with Gasteiger partial charge in [0, 0.05) is 13.1 Å². The molecular formula is C18H21FN2O4. The Morgan fingerprint density at radius 1 is 0.880 bits per heavy atom. The summed E-state index contributed by atoms with van der Waals surface area (Å²) in [7, 11) is 4.59. The summed E-state index contributed by atoms with van der Waals surface area (Å²) in [6, 6.07) is 9.14. The lowest BCUT2D eigenvalue weighted by Gasteiger charge is -2.14. The molecule has 0 heterocycles. The Kier molecular flexibility index (Phi) is 6.45. The number of ether oxygens (including phenoxy) is 3. The highest BCUT2D eigenvalue weighted by Crippen LogP contribution is 2.38. The predicted octanol–water partition coefficient (Wildman–Crippen LogP) is 2.85. The number of carbonyl (C=O) groups excluding carboxylic acids is 1. The minimum absolute atomic E-state index is 0.284. The van der Waals surface area contributed by atoms with Crippen molar-refractivity contribution in [2.45, 2.75) is 13.1 Å². The largest absolute Gasteiger partial charge is 0.493 e. The first-order valence-electron chi connectivity index (χ1n) is 7.62. The molecule has 0 spiro atoms. The fraction of sp³-hybridized carbons (Fsp3) is 0.278. The van der Waals surface area contributed by atoms with Gasteiger partial charge in [-0.05, 0) is 35.4 Å². The van der Waals surface area contributed by atoms with E-state index >= 15 is 0 Å². The van der Waals surface area contributed by atoms with E-state index in [-0.39, 0.29) is 18.4 Å². The van der Waals surface area contributed by atoms with E-state index in [9.17, 15) is 9.18 Å². The summed E-state index contributed by atoms with van der Waals surface area (Å²) in [4.78, 5) is 11.9. The highest BCUT2D eigenvalue weighted by atomic mass is 19.1. The number of methoxy groups -OCH3 is 3. The SMILES string of the molecule is COc1cc(CNC(=O)NCc2ccc(F)cc2)cc(OC)c1OC. The van der Waals surface area contributed by atoms with Crippen molar-refractivity contribution in [3.05, 3.63) is 53.3 Å². The van der Waals surface area contributed by atoms with E-state index in [0.717, 1.165) is 11.1 Å². The number of urea groups is 1. The summed E-state index contributed by atoms with van der Waals surface area (Å²) in [6.07, 6.45) is 0. The molecule has 0 fully saturated rings. The Labute approximate surface area is 145 Å². The second kappa shape index (κ2) is 8.77. The van der Waals surface area contributed by atoms with Gasteiger partial charge in [-0.15, -0.1) is 0 Å². The zero-order valence-corrected chi connectivity index (χ0v) is 14.4. The lowest BCUT2D eigenvalue weighted by atomic mass is 10.2. The molecule has 0 saturated heterocycles. The van der Waals surface area contributed by atoms with Gasteiger partial charge in [0.15, 0.2) is 11.5 Å². The highest BCUT2D eigenvalue weighted by molar-refractivity contribution is 5.73. The molecule has 2 amide bonds. The van der Waals surface area contributed by atoms with Crippen molar-refractivity contribution in [1.82, 2.24) is 10.6 Å². The normalized spacial score (nSPS) is 10.1. The second-order valence-corrected chi connectivity index (χ2v) is 5.20. The zero-order valence-electron chi connectivity index (χ0n) is 14.4. The Balaban J connectivity index is 1.93. The molecule has 0 unspecified atom stereocenters. The van der Waals surface area contributed by atoms with Gasteiger partial charge in [0.1, 0.15) is 5.82 Å². The monoisotopic (exact) mass is 348 g/mol. The summed E-state index contributed by atoms with van der Waals surface area (Å²) in [5, 5.41) is 5.45. The third-order valence-electron chi connectivity index (χ3n) is 3.54. The second-order valence-electron chi connectivity index (χ2n) is 5.20. The predicted molar refractivity (Wildman–Crippen MR) is 91.6 cm³/mol. The first-order chi connectivity index (χ1) is 12.1. The maximum Gasteiger partial charge on any atom is 0.315 e. The van der Waals surface area contributed by atoms with Crippen LogP contribution in [0.5, 0.6) is 17.2 Å². The number of benzene rings is 2. The fourth-order valence-electron chi connectivity index (χ4n) is 2.27.